The quantitative estimate of drug-likeness (QED) is 0.625. The standard InChI is InChI=1S/C11H12ClN3O4/c1-2-13-10(16)6-14-11(17)7-3-4-9(15(18)19)8(12)5-7/h3-5H,2,6H2,1H3,(H,13,16)(H,14,17). The van der Waals surface area contributed by atoms with Gasteiger partial charge in [0.1, 0.15) is 5.02 Å². The number of carbonyl (C=O) groups is 2. The Morgan fingerprint density at radius 2 is 2.05 bits per heavy atom. The third kappa shape index (κ3) is 4.22. The van der Waals surface area contributed by atoms with Gasteiger partial charge in [0.05, 0.1) is 11.5 Å². The Kier molecular flexibility index (Phi) is 5.25. The predicted octanol–water partition coefficient (Wildman–Crippen LogP) is 1.11. The fourth-order valence-electron chi connectivity index (χ4n) is 1.32. The molecule has 0 fully saturated rings. The molecule has 2 amide bonds. The molecule has 0 aliphatic heterocycles. The van der Waals surface area contributed by atoms with Gasteiger partial charge in [0.25, 0.3) is 11.6 Å². The van der Waals surface area contributed by atoms with E-state index >= 15 is 0 Å². The maximum absolute atomic E-state index is 11.7. The topological polar surface area (TPSA) is 101 Å². The average Bonchev–Trinajstić information content (AvgIpc) is 2.35. The lowest BCUT2D eigenvalue weighted by Crippen LogP contribution is -2.36. The summed E-state index contributed by atoms with van der Waals surface area (Å²) in [5.74, 6) is -0.841. The number of nitrogens with zero attached hydrogens (tertiary/aromatic N) is 1. The number of halogens is 1. The fraction of sp³-hybridized carbons (Fsp3) is 0.273. The second kappa shape index (κ2) is 6.69. The van der Waals surface area contributed by atoms with Crippen molar-refractivity contribution in [2.75, 3.05) is 13.1 Å². The summed E-state index contributed by atoms with van der Waals surface area (Å²) in [5, 5.41) is 15.3. The summed E-state index contributed by atoms with van der Waals surface area (Å²) < 4.78 is 0. The molecule has 0 saturated heterocycles. The van der Waals surface area contributed by atoms with E-state index in [1.165, 1.54) is 12.1 Å². The van der Waals surface area contributed by atoms with Crippen LogP contribution in [0, 0.1) is 10.1 Å². The molecule has 0 aromatic heterocycles. The molecule has 7 nitrogen and oxygen atoms in total. The molecule has 1 aromatic rings. The van der Waals surface area contributed by atoms with Crippen LogP contribution in [0.1, 0.15) is 17.3 Å². The number of nitro groups is 1. The smallest absolute Gasteiger partial charge is 0.287 e. The van der Waals surface area contributed by atoms with E-state index in [0.717, 1.165) is 6.07 Å². The highest BCUT2D eigenvalue weighted by atomic mass is 35.5. The summed E-state index contributed by atoms with van der Waals surface area (Å²) >= 11 is 5.68. The molecule has 0 atom stereocenters. The van der Waals surface area contributed by atoms with E-state index in [1.807, 2.05) is 0 Å². The SMILES string of the molecule is CCNC(=O)CNC(=O)c1ccc([N+](=O)[O-])c(Cl)c1. The van der Waals surface area contributed by atoms with Gasteiger partial charge >= 0.3 is 0 Å². The molecule has 0 bridgehead atoms. The zero-order valence-corrected chi connectivity index (χ0v) is 10.9. The predicted molar refractivity (Wildman–Crippen MR) is 69.1 cm³/mol. The molecule has 102 valence electrons. The molecular weight excluding hydrogens is 274 g/mol. The Bertz CT molecular complexity index is 519. The van der Waals surface area contributed by atoms with Crippen LogP contribution in [0.15, 0.2) is 18.2 Å². The van der Waals surface area contributed by atoms with E-state index in [0.29, 0.717) is 6.54 Å². The van der Waals surface area contributed by atoms with Gasteiger partial charge in [-0.3, -0.25) is 19.7 Å². The molecular formula is C11H12ClN3O4. The van der Waals surface area contributed by atoms with Crippen molar-refractivity contribution in [3.63, 3.8) is 0 Å². The number of likely N-dealkylation sites (N-methyl/N-ethyl adjacent to an activating group) is 1. The van der Waals surface area contributed by atoms with Gasteiger partial charge in [0.2, 0.25) is 5.91 Å². The van der Waals surface area contributed by atoms with Crippen molar-refractivity contribution in [2.45, 2.75) is 6.92 Å². The lowest BCUT2D eigenvalue weighted by atomic mass is 10.2. The van der Waals surface area contributed by atoms with E-state index in [2.05, 4.69) is 10.6 Å². The first-order chi connectivity index (χ1) is 8.95. The van der Waals surface area contributed by atoms with Crippen molar-refractivity contribution in [3.8, 4) is 0 Å². The number of rotatable bonds is 5. The largest absolute Gasteiger partial charge is 0.355 e. The maximum atomic E-state index is 11.7. The van der Waals surface area contributed by atoms with Crippen LogP contribution in [-0.4, -0.2) is 29.8 Å². The number of nitrogens with one attached hydrogen (secondary N) is 2. The molecule has 8 heteroatoms. The highest BCUT2D eigenvalue weighted by Gasteiger charge is 2.15. The second-order valence-corrected chi connectivity index (χ2v) is 3.97. The van der Waals surface area contributed by atoms with Crippen molar-refractivity contribution in [2.24, 2.45) is 0 Å². The van der Waals surface area contributed by atoms with Gasteiger partial charge < -0.3 is 10.6 Å². The number of hydrogen-bond acceptors (Lipinski definition) is 4. The number of benzene rings is 1. The van der Waals surface area contributed by atoms with E-state index < -0.39 is 10.8 Å². The zero-order valence-electron chi connectivity index (χ0n) is 10.1. The maximum Gasteiger partial charge on any atom is 0.287 e. The van der Waals surface area contributed by atoms with Crippen LogP contribution in [0.5, 0.6) is 0 Å². The third-order valence-electron chi connectivity index (χ3n) is 2.19. The number of hydrogen-bond donors (Lipinski definition) is 2. The van der Waals surface area contributed by atoms with E-state index in [4.69, 9.17) is 11.6 Å². The number of nitro benzene ring substituents is 1. The Morgan fingerprint density at radius 1 is 1.37 bits per heavy atom. The lowest BCUT2D eigenvalue weighted by Gasteiger charge is -2.05. The normalized spacial score (nSPS) is 9.79. The average molecular weight is 286 g/mol. The van der Waals surface area contributed by atoms with Gasteiger partial charge in [-0.15, -0.1) is 0 Å². The minimum Gasteiger partial charge on any atom is -0.355 e. The second-order valence-electron chi connectivity index (χ2n) is 3.56. The summed E-state index contributed by atoms with van der Waals surface area (Å²) in [6, 6.07) is 3.60. The van der Waals surface area contributed by atoms with E-state index in [9.17, 15) is 19.7 Å². The van der Waals surface area contributed by atoms with Crippen LogP contribution >= 0.6 is 11.6 Å². The van der Waals surface area contributed by atoms with E-state index in [-0.39, 0.29) is 28.7 Å². The molecule has 19 heavy (non-hydrogen) atoms. The molecule has 0 aliphatic carbocycles. The summed E-state index contributed by atoms with van der Waals surface area (Å²) in [4.78, 5) is 32.7. The summed E-state index contributed by atoms with van der Waals surface area (Å²) in [6.45, 7) is 2.06. The van der Waals surface area contributed by atoms with Crippen molar-refractivity contribution in [1.82, 2.24) is 10.6 Å². The minimum absolute atomic E-state index is 0.129. The van der Waals surface area contributed by atoms with Crippen LogP contribution in [0.4, 0.5) is 5.69 Å². The number of amides is 2. The first kappa shape index (κ1) is 14.9. The molecule has 0 radical (unpaired) electrons. The molecule has 1 aromatic carbocycles. The molecule has 0 spiro atoms. The van der Waals surface area contributed by atoms with Gasteiger partial charge in [0.15, 0.2) is 0 Å². The molecule has 1 rings (SSSR count). The van der Waals surface area contributed by atoms with Crippen molar-refractivity contribution in [3.05, 3.63) is 38.9 Å². The minimum atomic E-state index is -0.640. The van der Waals surface area contributed by atoms with Crippen molar-refractivity contribution in [1.29, 1.82) is 0 Å². The van der Waals surface area contributed by atoms with Crippen molar-refractivity contribution >= 4 is 29.1 Å². The fourth-order valence-corrected chi connectivity index (χ4v) is 1.57. The first-order valence-corrected chi connectivity index (χ1v) is 5.82. The summed E-state index contributed by atoms with van der Waals surface area (Å²) in [6.07, 6.45) is 0. The van der Waals surface area contributed by atoms with Crippen LogP contribution in [-0.2, 0) is 4.79 Å². The van der Waals surface area contributed by atoms with Gasteiger partial charge in [-0.25, -0.2) is 0 Å². The molecule has 0 saturated carbocycles. The highest BCUT2D eigenvalue weighted by molar-refractivity contribution is 6.33. The molecule has 0 aliphatic rings. The Labute approximate surface area is 114 Å². The Balaban J connectivity index is 2.70. The highest BCUT2D eigenvalue weighted by Crippen LogP contribution is 2.24. The summed E-state index contributed by atoms with van der Waals surface area (Å²) in [7, 11) is 0. The van der Waals surface area contributed by atoms with Crippen LogP contribution in [0.2, 0.25) is 5.02 Å². The van der Waals surface area contributed by atoms with Gasteiger partial charge in [-0.1, -0.05) is 11.6 Å². The third-order valence-corrected chi connectivity index (χ3v) is 2.49. The van der Waals surface area contributed by atoms with Crippen LogP contribution < -0.4 is 10.6 Å². The van der Waals surface area contributed by atoms with Gasteiger partial charge in [-0.2, -0.15) is 0 Å². The Hall–Kier alpha value is -2.15. The summed E-state index contributed by atoms with van der Waals surface area (Å²) in [5.41, 5.74) is -0.123. The van der Waals surface area contributed by atoms with Gasteiger partial charge in [-0.05, 0) is 19.1 Å². The zero-order chi connectivity index (χ0) is 14.4. The molecule has 0 heterocycles. The lowest BCUT2D eigenvalue weighted by molar-refractivity contribution is -0.384. The van der Waals surface area contributed by atoms with E-state index in [1.54, 1.807) is 6.92 Å². The van der Waals surface area contributed by atoms with Gasteiger partial charge in [0, 0.05) is 18.2 Å². The van der Waals surface area contributed by atoms with Crippen LogP contribution in [0.25, 0.3) is 0 Å². The molecule has 0 unspecified atom stereocenters. The van der Waals surface area contributed by atoms with Crippen LogP contribution in [0.3, 0.4) is 0 Å². The number of carbonyl (C=O) groups excluding carboxylic acids is 2. The monoisotopic (exact) mass is 285 g/mol. The first-order valence-electron chi connectivity index (χ1n) is 5.44. The Morgan fingerprint density at radius 3 is 2.58 bits per heavy atom. The van der Waals surface area contributed by atoms with Crippen molar-refractivity contribution < 1.29 is 14.5 Å². The molecule has 2 N–H and O–H groups in total.